The molecule has 2 heterocycles. The molecule has 3 aliphatic rings. The SMILES string of the molecule is CCCNC1CCC(N2CC3CCCN3CC2C)C1. The maximum atomic E-state index is 3.72. The average Bonchev–Trinajstić information content (AvgIpc) is 3.03. The first-order valence-corrected chi connectivity index (χ1v) is 8.51. The van der Waals surface area contributed by atoms with Crippen molar-refractivity contribution in [1.29, 1.82) is 0 Å². The van der Waals surface area contributed by atoms with Gasteiger partial charge in [0.15, 0.2) is 0 Å². The summed E-state index contributed by atoms with van der Waals surface area (Å²) >= 11 is 0. The molecule has 4 unspecified atom stereocenters. The Morgan fingerprint density at radius 2 is 2.00 bits per heavy atom. The van der Waals surface area contributed by atoms with Crippen LogP contribution >= 0.6 is 0 Å². The molecule has 110 valence electrons. The van der Waals surface area contributed by atoms with Gasteiger partial charge in [0.1, 0.15) is 0 Å². The monoisotopic (exact) mass is 265 g/mol. The zero-order valence-electron chi connectivity index (χ0n) is 12.8. The second-order valence-corrected chi connectivity index (χ2v) is 6.95. The maximum absolute atomic E-state index is 3.72. The lowest BCUT2D eigenvalue weighted by Crippen LogP contribution is -2.57. The van der Waals surface area contributed by atoms with Crippen molar-refractivity contribution in [2.24, 2.45) is 0 Å². The normalized spacial score (nSPS) is 40.7. The molecule has 0 amide bonds. The zero-order valence-corrected chi connectivity index (χ0v) is 12.8. The summed E-state index contributed by atoms with van der Waals surface area (Å²) < 4.78 is 0. The lowest BCUT2D eigenvalue weighted by Gasteiger charge is -2.45. The van der Waals surface area contributed by atoms with Crippen molar-refractivity contribution in [2.75, 3.05) is 26.2 Å². The number of nitrogens with one attached hydrogen (secondary N) is 1. The molecular formula is C16H31N3. The molecule has 1 saturated carbocycles. The van der Waals surface area contributed by atoms with Crippen LogP contribution in [0.15, 0.2) is 0 Å². The van der Waals surface area contributed by atoms with E-state index in [4.69, 9.17) is 0 Å². The van der Waals surface area contributed by atoms with Gasteiger partial charge < -0.3 is 5.32 Å². The third kappa shape index (κ3) is 2.98. The van der Waals surface area contributed by atoms with Crippen molar-refractivity contribution in [3.63, 3.8) is 0 Å². The molecule has 3 nitrogen and oxygen atoms in total. The highest BCUT2D eigenvalue weighted by Gasteiger charge is 2.39. The number of nitrogens with zero attached hydrogens (tertiary/aromatic N) is 2. The number of hydrogen-bond acceptors (Lipinski definition) is 3. The topological polar surface area (TPSA) is 18.5 Å². The highest BCUT2D eigenvalue weighted by Crippen LogP contribution is 2.31. The van der Waals surface area contributed by atoms with Crippen LogP contribution in [0.3, 0.4) is 0 Å². The van der Waals surface area contributed by atoms with Crippen LogP contribution in [0, 0.1) is 0 Å². The summed E-state index contributed by atoms with van der Waals surface area (Å²) in [5.74, 6) is 0. The lowest BCUT2D eigenvalue weighted by atomic mass is 10.0. The second-order valence-electron chi connectivity index (χ2n) is 6.95. The molecule has 3 rings (SSSR count). The fraction of sp³-hybridized carbons (Fsp3) is 1.00. The Bertz CT molecular complexity index is 294. The van der Waals surface area contributed by atoms with E-state index >= 15 is 0 Å². The molecule has 0 aromatic carbocycles. The molecule has 19 heavy (non-hydrogen) atoms. The molecule has 2 aliphatic heterocycles. The molecule has 4 atom stereocenters. The summed E-state index contributed by atoms with van der Waals surface area (Å²) in [4.78, 5) is 5.59. The van der Waals surface area contributed by atoms with Crippen LogP contribution in [0.4, 0.5) is 0 Å². The minimum absolute atomic E-state index is 0.768. The van der Waals surface area contributed by atoms with Crippen LogP contribution in [-0.2, 0) is 0 Å². The van der Waals surface area contributed by atoms with Gasteiger partial charge in [-0.2, -0.15) is 0 Å². The van der Waals surface area contributed by atoms with Gasteiger partial charge in [-0.1, -0.05) is 6.92 Å². The summed E-state index contributed by atoms with van der Waals surface area (Å²) in [6.07, 6.45) is 8.32. The van der Waals surface area contributed by atoms with E-state index in [-0.39, 0.29) is 0 Å². The number of fused-ring (bicyclic) bond motifs is 1. The van der Waals surface area contributed by atoms with Gasteiger partial charge in [-0.25, -0.2) is 0 Å². The van der Waals surface area contributed by atoms with Crippen molar-refractivity contribution < 1.29 is 0 Å². The molecule has 0 aromatic rings. The molecule has 0 radical (unpaired) electrons. The molecule has 1 N–H and O–H groups in total. The highest BCUT2D eigenvalue weighted by atomic mass is 15.3. The summed E-state index contributed by atoms with van der Waals surface area (Å²) in [5.41, 5.74) is 0. The predicted octanol–water partition coefficient (Wildman–Crippen LogP) is 2.08. The van der Waals surface area contributed by atoms with Crippen LogP contribution in [0.25, 0.3) is 0 Å². The smallest absolute Gasteiger partial charge is 0.0224 e. The molecule has 3 fully saturated rings. The van der Waals surface area contributed by atoms with E-state index in [1.807, 2.05) is 0 Å². The van der Waals surface area contributed by atoms with Gasteiger partial charge in [-0.3, -0.25) is 9.80 Å². The molecule has 0 aromatic heterocycles. The van der Waals surface area contributed by atoms with Crippen LogP contribution < -0.4 is 5.32 Å². The van der Waals surface area contributed by atoms with Crippen molar-refractivity contribution in [3.05, 3.63) is 0 Å². The minimum Gasteiger partial charge on any atom is -0.314 e. The van der Waals surface area contributed by atoms with Gasteiger partial charge >= 0.3 is 0 Å². The third-order valence-corrected chi connectivity index (χ3v) is 5.54. The Balaban J connectivity index is 1.54. The molecule has 0 bridgehead atoms. The zero-order chi connectivity index (χ0) is 13.2. The van der Waals surface area contributed by atoms with E-state index in [2.05, 4.69) is 29.0 Å². The number of hydrogen-bond donors (Lipinski definition) is 1. The minimum atomic E-state index is 0.768. The maximum Gasteiger partial charge on any atom is 0.0224 e. The van der Waals surface area contributed by atoms with Crippen molar-refractivity contribution in [2.45, 2.75) is 76.5 Å². The fourth-order valence-electron chi connectivity index (χ4n) is 4.51. The van der Waals surface area contributed by atoms with Gasteiger partial charge in [0.05, 0.1) is 0 Å². The first kappa shape index (κ1) is 13.8. The Labute approximate surface area is 118 Å². The summed E-state index contributed by atoms with van der Waals surface area (Å²) in [6, 6.07) is 3.29. The van der Waals surface area contributed by atoms with Crippen molar-refractivity contribution in [1.82, 2.24) is 15.1 Å². The number of rotatable bonds is 4. The van der Waals surface area contributed by atoms with Crippen LogP contribution in [0.1, 0.15) is 52.4 Å². The third-order valence-electron chi connectivity index (χ3n) is 5.54. The first-order chi connectivity index (χ1) is 9.28. The van der Waals surface area contributed by atoms with E-state index in [9.17, 15) is 0 Å². The molecule has 0 spiro atoms. The van der Waals surface area contributed by atoms with Crippen LogP contribution in [0.5, 0.6) is 0 Å². The summed E-state index contributed by atoms with van der Waals surface area (Å²) in [6.45, 7) is 9.92. The number of piperazine rings is 1. The highest BCUT2D eigenvalue weighted by molar-refractivity contribution is 4.96. The quantitative estimate of drug-likeness (QED) is 0.839. The summed E-state index contributed by atoms with van der Waals surface area (Å²) in [5, 5.41) is 3.72. The molecule has 1 aliphatic carbocycles. The summed E-state index contributed by atoms with van der Waals surface area (Å²) in [7, 11) is 0. The van der Waals surface area contributed by atoms with Crippen molar-refractivity contribution >= 4 is 0 Å². The molecule has 2 saturated heterocycles. The van der Waals surface area contributed by atoms with Gasteiger partial charge in [-0.15, -0.1) is 0 Å². The predicted molar refractivity (Wildman–Crippen MR) is 80.5 cm³/mol. The van der Waals surface area contributed by atoms with E-state index in [0.29, 0.717) is 0 Å². The average molecular weight is 265 g/mol. The van der Waals surface area contributed by atoms with Gasteiger partial charge in [0.25, 0.3) is 0 Å². The van der Waals surface area contributed by atoms with Gasteiger partial charge in [-0.05, 0) is 58.5 Å². The second kappa shape index (κ2) is 6.11. The fourth-order valence-corrected chi connectivity index (χ4v) is 4.51. The Morgan fingerprint density at radius 3 is 2.84 bits per heavy atom. The van der Waals surface area contributed by atoms with Gasteiger partial charge in [0.2, 0.25) is 0 Å². The first-order valence-electron chi connectivity index (χ1n) is 8.51. The van der Waals surface area contributed by atoms with E-state index in [1.54, 1.807) is 0 Å². The molecule has 3 heteroatoms. The lowest BCUT2D eigenvalue weighted by molar-refractivity contribution is 0.0291. The Hall–Kier alpha value is -0.120. The molecular weight excluding hydrogens is 234 g/mol. The van der Waals surface area contributed by atoms with Crippen LogP contribution in [-0.4, -0.2) is 60.1 Å². The van der Waals surface area contributed by atoms with E-state index in [0.717, 1.165) is 24.2 Å². The van der Waals surface area contributed by atoms with Gasteiger partial charge in [0, 0.05) is 37.3 Å². The Morgan fingerprint density at radius 1 is 1.11 bits per heavy atom. The van der Waals surface area contributed by atoms with E-state index < -0.39 is 0 Å². The Kier molecular flexibility index (Phi) is 4.45. The largest absolute Gasteiger partial charge is 0.314 e. The van der Waals surface area contributed by atoms with Crippen LogP contribution in [0.2, 0.25) is 0 Å². The van der Waals surface area contributed by atoms with E-state index in [1.165, 1.54) is 64.7 Å². The van der Waals surface area contributed by atoms with Crippen molar-refractivity contribution in [3.8, 4) is 0 Å². The standard InChI is InChI=1S/C16H31N3/c1-3-8-17-14-6-7-15(10-14)19-12-16-5-4-9-18(16)11-13(19)2/h13-17H,3-12H2,1-2H3.